The van der Waals surface area contributed by atoms with Crippen molar-refractivity contribution in [3.05, 3.63) is 59.2 Å². The highest BCUT2D eigenvalue weighted by molar-refractivity contribution is 6.32. The number of benzene rings is 1. The van der Waals surface area contributed by atoms with Gasteiger partial charge in [-0.25, -0.2) is 4.98 Å². The molecule has 0 radical (unpaired) electrons. The topological polar surface area (TPSA) is 36.4 Å². The molecule has 1 aromatic heterocycles. The van der Waals surface area contributed by atoms with Crippen LogP contribution >= 0.6 is 11.6 Å². The van der Waals surface area contributed by atoms with Gasteiger partial charge in [-0.3, -0.25) is 4.79 Å². The summed E-state index contributed by atoms with van der Waals surface area (Å²) in [5.41, 5.74) is 1.29. The van der Waals surface area contributed by atoms with Crippen molar-refractivity contribution in [1.82, 2.24) is 9.88 Å². The first-order valence-corrected chi connectivity index (χ1v) is 8.79. The van der Waals surface area contributed by atoms with E-state index in [1.54, 1.807) is 6.20 Å². The monoisotopic (exact) mass is 343 g/mol. The maximum Gasteiger partial charge on any atom is 0.222 e. The lowest BCUT2D eigenvalue weighted by Gasteiger charge is -2.35. The minimum Gasteiger partial charge on any atom is -0.352 e. The van der Waals surface area contributed by atoms with Gasteiger partial charge in [0.2, 0.25) is 5.91 Å². The van der Waals surface area contributed by atoms with Crippen LogP contribution in [0.15, 0.2) is 48.7 Å². The number of pyridine rings is 1. The van der Waals surface area contributed by atoms with Crippen LogP contribution in [0.4, 0.5) is 5.82 Å². The summed E-state index contributed by atoms with van der Waals surface area (Å²) in [6, 6.07) is 14.0. The van der Waals surface area contributed by atoms with Crippen LogP contribution in [0.5, 0.6) is 0 Å². The number of piperazine rings is 1. The predicted molar refractivity (Wildman–Crippen MR) is 97.4 cm³/mol. The summed E-state index contributed by atoms with van der Waals surface area (Å²) in [6.45, 7) is 3.02. The smallest absolute Gasteiger partial charge is 0.222 e. The van der Waals surface area contributed by atoms with E-state index in [-0.39, 0.29) is 5.91 Å². The molecule has 0 saturated carbocycles. The molecule has 1 aliphatic heterocycles. The average molecular weight is 344 g/mol. The zero-order valence-electron chi connectivity index (χ0n) is 13.7. The van der Waals surface area contributed by atoms with Gasteiger partial charge >= 0.3 is 0 Å². The number of aromatic nitrogens is 1. The molecule has 1 fully saturated rings. The number of hydrogen-bond acceptors (Lipinski definition) is 3. The van der Waals surface area contributed by atoms with Crippen LogP contribution in [-0.2, 0) is 11.2 Å². The molecule has 24 heavy (non-hydrogen) atoms. The van der Waals surface area contributed by atoms with Gasteiger partial charge in [0.25, 0.3) is 0 Å². The Hall–Kier alpha value is -2.07. The first-order chi connectivity index (χ1) is 11.7. The van der Waals surface area contributed by atoms with Gasteiger partial charge in [-0.1, -0.05) is 41.9 Å². The number of amides is 1. The molecule has 0 atom stereocenters. The van der Waals surface area contributed by atoms with E-state index in [0.717, 1.165) is 44.8 Å². The lowest BCUT2D eigenvalue weighted by atomic mass is 10.1. The molecule has 0 unspecified atom stereocenters. The summed E-state index contributed by atoms with van der Waals surface area (Å²) in [4.78, 5) is 20.8. The van der Waals surface area contributed by atoms with Crippen molar-refractivity contribution in [2.24, 2.45) is 0 Å². The molecule has 0 spiro atoms. The lowest BCUT2D eigenvalue weighted by molar-refractivity contribution is -0.131. The fourth-order valence-corrected chi connectivity index (χ4v) is 3.27. The number of nitrogens with zero attached hydrogens (tertiary/aromatic N) is 3. The molecule has 5 heteroatoms. The summed E-state index contributed by atoms with van der Waals surface area (Å²) in [5.74, 6) is 1.06. The number of anilines is 1. The van der Waals surface area contributed by atoms with Crippen molar-refractivity contribution in [2.45, 2.75) is 19.3 Å². The van der Waals surface area contributed by atoms with Gasteiger partial charge < -0.3 is 9.80 Å². The third-order valence-electron chi connectivity index (χ3n) is 4.37. The molecule has 1 aliphatic rings. The Bertz CT molecular complexity index is 669. The molecule has 4 nitrogen and oxygen atoms in total. The maximum absolute atomic E-state index is 12.4. The number of rotatable bonds is 5. The van der Waals surface area contributed by atoms with E-state index in [4.69, 9.17) is 11.6 Å². The highest BCUT2D eigenvalue weighted by Gasteiger charge is 2.22. The predicted octanol–water partition coefficient (Wildman–Crippen LogP) is 3.41. The van der Waals surface area contributed by atoms with Crippen molar-refractivity contribution < 1.29 is 4.79 Å². The van der Waals surface area contributed by atoms with E-state index < -0.39 is 0 Å². The Balaban J connectivity index is 1.44. The molecule has 0 aliphatic carbocycles. The number of aryl methyl sites for hydroxylation is 1. The highest BCUT2D eigenvalue weighted by Crippen LogP contribution is 2.23. The average Bonchev–Trinajstić information content (AvgIpc) is 2.63. The minimum absolute atomic E-state index is 0.248. The second kappa shape index (κ2) is 8.15. The summed E-state index contributed by atoms with van der Waals surface area (Å²) in [6.07, 6.45) is 4.22. The van der Waals surface area contributed by atoms with Gasteiger partial charge in [-0.05, 0) is 30.5 Å². The van der Waals surface area contributed by atoms with Crippen LogP contribution in [0, 0.1) is 0 Å². The summed E-state index contributed by atoms with van der Waals surface area (Å²) >= 11 is 6.20. The number of hydrogen-bond donors (Lipinski definition) is 0. The van der Waals surface area contributed by atoms with Crippen LogP contribution in [0.25, 0.3) is 0 Å². The van der Waals surface area contributed by atoms with Gasteiger partial charge in [0.15, 0.2) is 0 Å². The number of carbonyl (C=O) groups is 1. The molecule has 3 rings (SSSR count). The Kier molecular flexibility index (Phi) is 5.70. The van der Waals surface area contributed by atoms with Gasteiger partial charge in [-0.2, -0.15) is 0 Å². The summed E-state index contributed by atoms with van der Waals surface area (Å²) in [7, 11) is 0. The van der Waals surface area contributed by atoms with E-state index in [0.29, 0.717) is 11.4 Å². The fraction of sp³-hybridized carbons (Fsp3) is 0.368. The van der Waals surface area contributed by atoms with Gasteiger partial charge in [0.1, 0.15) is 5.82 Å². The van der Waals surface area contributed by atoms with E-state index in [1.165, 1.54) is 5.56 Å². The zero-order valence-corrected chi connectivity index (χ0v) is 14.5. The molecule has 1 aromatic carbocycles. The van der Waals surface area contributed by atoms with Crippen LogP contribution in [0.1, 0.15) is 18.4 Å². The van der Waals surface area contributed by atoms with Crippen LogP contribution < -0.4 is 4.90 Å². The van der Waals surface area contributed by atoms with E-state index >= 15 is 0 Å². The maximum atomic E-state index is 12.4. The third kappa shape index (κ3) is 4.26. The zero-order chi connectivity index (χ0) is 16.8. The molecule has 0 N–H and O–H groups in total. The summed E-state index contributed by atoms with van der Waals surface area (Å²) < 4.78 is 0. The standard InChI is InChI=1S/C19H22ClN3O/c20-17-9-5-11-21-19(17)23-14-12-22(13-15-23)18(24)10-4-8-16-6-2-1-3-7-16/h1-3,5-7,9,11H,4,8,10,12-15H2. The van der Waals surface area contributed by atoms with Crippen molar-refractivity contribution >= 4 is 23.3 Å². The number of carbonyl (C=O) groups excluding carboxylic acids is 1. The minimum atomic E-state index is 0.248. The fourth-order valence-electron chi connectivity index (χ4n) is 3.02. The Morgan fingerprint density at radius 3 is 2.50 bits per heavy atom. The largest absolute Gasteiger partial charge is 0.352 e. The van der Waals surface area contributed by atoms with Gasteiger partial charge in [0.05, 0.1) is 5.02 Å². The second-order valence-corrected chi connectivity index (χ2v) is 6.42. The first kappa shape index (κ1) is 16.8. The van der Waals surface area contributed by atoms with E-state index in [9.17, 15) is 4.79 Å². The van der Waals surface area contributed by atoms with Crippen molar-refractivity contribution in [2.75, 3.05) is 31.1 Å². The molecule has 0 bridgehead atoms. The molecular formula is C19H22ClN3O. The van der Waals surface area contributed by atoms with Crippen molar-refractivity contribution in [3.63, 3.8) is 0 Å². The second-order valence-electron chi connectivity index (χ2n) is 6.02. The Morgan fingerprint density at radius 2 is 1.79 bits per heavy atom. The van der Waals surface area contributed by atoms with Crippen LogP contribution in [0.3, 0.4) is 0 Å². The Morgan fingerprint density at radius 1 is 1.04 bits per heavy atom. The normalized spacial score (nSPS) is 14.7. The quantitative estimate of drug-likeness (QED) is 0.834. The molecule has 126 valence electrons. The van der Waals surface area contributed by atoms with Gasteiger partial charge in [-0.15, -0.1) is 0 Å². The SMILES string of the molecule is O=C(CCCc1ccccc1)N1CCN(c2ncccc2Cl)CC1. The Labute approximate surface area is 148 Å². The van der Waals surface area contributed by atoms with E-state index in [1.807, 2.05) is 35.2 Å². The van der Waals surface area contributed by atoms with Crippen LogP contribution in [-0.4, -0.2) is 42.0 Å². The lowest BCUT2D eigenvalue weighted by Crippen LogP contribution is -2.49. The van der Waals surface area contributed by atoms with Crippen molar-refractivity contribution in [3.8, 4) is 0 Å². The highest BCUT2D eigenvalue weighted by atomic mass is 35.5. The van der Waals surface area contributed by atoms with Gasteiger partial charge in [0, 0.05) is 38.8 Å². The molecule has 1 amide bonds. The first-order valence-electron chi connectivity index (χ1n) is 8.41. The summed E-state index contributed by atoms with van der Waals surface area (Å²) in [5, 5.41) is 0.667. The third-order valence-corrected chi connectivity index (χ3v) is 4.66. The molecule has 2 aromatic rings. The number of halogens is 1. The van der Waals surface area contributed by atoms with E-state index in [2.05, 4.69) is 22.0 Å². The molecule has 2 heterocycles. The van der Waals surface area contributed by atoms with Crippen LogP contribution in [0.2, 0.25) is 5.02 Å². The molecular weight excluding hydrogens is 322 g/mol. The van der Waals surface area contributed by atoms with Crippen molar-refractivity contribution in [1.29, 1.82) is 0 Å². The molecule has 1 saturated heterocycles.